The lowest BCUT2D eigenvalue weighted by atomic mass is 9.81. The van der Waals surface area contributed by atoms with E-state index in [1.54, 1.807) is 24.3 Å². The molecule has 0 aliphatic carbocycles. The molecule has 3 aromatic carbocycles. The van der Waals surface area contributed by atoms with Crippen LogP contribution in [0.3, 0.4) is 0 Å². The van der Waals surface area contributed by atoms with Crippen LogP contribution in [0.15, 0.2) is 72.8 Å². The Bertz CT molecular complexity index is 1250. The minimum Gasteiger partial charge on any atom is -0.549 e. The quantitative estimate of drug-likeness (QED) is 0.388. The summed E-state index contributed by atoms with van der Waals surface area (Å²) in [4.78, 5) is 23.6. The molecule has 5 nitrogen and oxygen atoms in total. The minimum absolute atomic E-state index is 0.161. The Labute approximate surface area is 220 Å². The summed E-state index contributed by atoms with van der Waals surface area (Å²) in [5.41, 5.74) is 4.29. The zero-order valence-electron chi connectivity index (χ0n) is 20.8. The van der Waals surface area contributed by atoms with Crippen molar-refractivity contribution in [2.24, 2.45) is 0 Å². The van der Waals surface area contributed by atoms with Crippen molar-refractivity contribution in [3.63, 3.8) is 0 Å². The molecule has 3 aromatic rings. The van der Waals surface area contributed by atoms with E-state index in [2.05, 4.69) is 5.73 Å². The van der Waals surface area contributed by atoms with Crippen molar-refractivity contribution in [1.82, 2.24) is 4.90 Å². The molecule has 4 rings (SSSR count). The molecular formula is C28H26F6N2O3. The number of carboxylic acid groups (broad SMARTS) is 1. The number of carbonyl (C=O) groups excluding carboxylic acids is 2. The number of quaternary nitrogens is 1. The zero-order chi connectivity index (χ0) is 28.9. The molecule has 0 saturated carbocycles. The van der Waals surface area contributed by atoms with Crippen molar-refractivity contribution in [1.29, 1.82) is 0 Å². The van der Waals surface area contributed by atoms with Gasteiger partial charge in [-0.2, -0.15) is 13.2 Å². The lowest BCUT2D eigenvalue weighted by Gasteiger charge is -2.41. The van der Waals surface area contributed by atoms with Gasteiger partial charge in [-0.3, -0.25) is 4.79 Å². The number of hydrogen-bond acceptors (Lipinski definition) is 3. The maximum Gasteiger partial charge on any atom is 0.406 e. The maximum absolute atomic E-state index is 13.9. The van der Waals surface area contributed by atoms with Crippen LogP contribution in [0.2, 0.25) is 0 Å². The summed E-state index contributed by atoms with van der Waals surface area (Å²) >= 11 is 0. The first kappa shape index (κ1) is 29.7. The van der Waals surface area contributed by atoms with E-state index < -0.39 is 71.5 Å². The van der Waals surface area contributed by atoms with Crippen molar-refractivity contribution >= 4 is 11.9 Å². The summed E-state index contributed by atoms with van der Waals surface area (Å²) in [6.07, 6.45) is -4.82. The van der Waals surface area contributed by atoms with Crippen LogP contribution in [0, 0.1) is 17.5 Å². The van der Waals surface area contributed by atoms with Gasteiger partial charge in [0.25, 0.3) is 5.91 Å². The lowest BCUT2D eigenvalue weighted by Crippen LogP contribution is -2.72. The van der Waals surface area contributed by atoms with E-state index in [1.807, 2.05) is 36.4 Å². The number of piperidine rings is 1. The predicted molar refractivity (Wildman–Crippen MR) is 127 cm³/mol. The number of likely N-dealkylation sites (tertiary alicyclic amines) is 1. The fourth-order valence-electron chi connectivity index (χ4n) is 4.67. The van der Waals surface area contributed by atoms with E-state index >= 15 is 0 Å². The Kier molecular flexibility index (Phi) is 9.39. The highest BCUT2D eigenvalue weighted by molar-refractivity contribution is 5.82. The van der Waals surface area contributed by atoms with E-state index in [4.69, 9.17) is 0 Å². The van der Waals surface area contributed by atoms with Gasteiger partial charge in [0.2, 0.25) is 0 Å². The lowest BCUT2D eigenvalue weighted by molar-refractivity contribution is -0.412. The third-order valence-corrected chi connectivity index (χ3v) is 6.55. The van der Waals surface area contributed by atoms with Crippen LogP contribution in [0.5, 0.6) is 0 Å². The van der Waals surface area contributed by atoms with E-state index in [0.29, 0.717) is 17.0 Å². The summed E-state index contributed by atoms with van der Waals surface area (Å²) in [5, 5.41) is 11.2. The highest BCUT2D eigenvalue weighted by Crippen LogP contribution is 2.37. The third-order valence-electron chi connectivity index (χ3n) is 6.55. The van der Waals surface area contributed by atoms with E-state index in [0.717, 1.165) is 11.1 Å². The SMILES string of the molecule is C[C@@H]1[C@H](c2c(F)ccc(F)c2F)C[C@H]([NH3+])C(=O)N1CC(F)(F)F.O=C([O-])C(c1ccccc1)c1ccccc1. The average Bonchev–Trinajstić information content (AvgIpc) is 2.88. The molecule has 3 atom stereocenters. The van der Waals surface area contributed by atoms with Gasteiger partial charge in [-0.15, -0.1) is 0 Å². The van der Waals surface area contributed by atoms with Crippen LogP contribution < -0.4 is 10.8 Å². The Morgan fingerprint density at radius 1 is 0.949 bits per heavy atom. The summed E-state index contributed by atoms with van der Waals surface area (Å²) in [6, 6.07) is 17.3. The molecule has 0 aromatic heterocycles. The Balaban J connectivity index is 0.000000230. The number of carbonyl (C=O) groups is 2. The molecule has 0 spiro atoms. The Hall–Kier alpha value is -3.86. The second-order valence-electron chi connectivity index (χ2n) is 9.19. The first-order valence-corrected chi connectivity index (χ1v) is 12.0. The van der Waals surface area contributed by atoms with Crippen LogP contribution in [-0.4, -0.2) is 41.6 Å². The smallest absolute Gasteiger partial charge is 0.406 e. The second-order valence-corrected chi connectivity index (χ2v) is 9.19. The first-order chi connectivity index (χ1) is 18.3. The number of hydrogen-bond donors (Lipinski definition) is 1. The van der Waals surface area contributed by atoms with Crippen molar-refractivity contribution in [2.75, 3.05) is 6.54 Å². The topological polar surface area (TPSA) is 88.1 Å². The normalized spacial score (nSPS) is 19.5. The van der Waals surface area contributed by atoms with Gasteiger partial charge in [-0.05, 0) is 30.2 Å². The Morgan fingerprint density at radius 2 is 1.44 bits per heavy atom. The van der Waals surface area contributed by atoms with Crippen LogP contribution >= 0.6 is 0 Å². The number of nitrogens with zero attached hydrogens (tertiary/aromatic N) is 1. The molecule has 1 heterocycles. The molecule has 1 saturated heterocycles. The van der Waals surface area contributed by atoms with Crippen molar-refractivity contribution in [3.05, 3.63) is 107 Å². The molecule has 39 heavy (non-hydrogen) atoms. The van der Waals surface area contributed by atoms with Gasteiger partial charge < -0.3 is 20.5 Å². The van der Waals surface area contributed by atoms with Crippen molar-refractivity contribution < 1.29 is 46.8 Å². The van der Waals surface area contributed by atoms with E-state index in [9.17, 15) is 41.0 Å². The standard InChI is InChI=1S/C14H14F6N2O.C14H12O2/c1-6-7(11-8(15)2-3-9(16)12(11)17)4-10(21)13(23)22(6)5-14(18,19)20;15-14(16)13(11-7-3-1-4-8-11)12-9-5-2-6-10-12/h2-3,6-7,10H,4-5,21H2,1H3;1-10,13H,(H,15,16)/t6-,7-,10+;/m1./s1. The molecule has 11 heteroatoms. The van der Waals surface area contributed by atoms with Crippen molar-refractivity contribution in [2.45, 2.75) is 43.4 Å². The molecule has 1 fully saturated rings. The molecule has 1 aliphatic rings. The number of aliphatic carboxylic acids is 1. The molecule has 0 radical (unpaired) electrons. The summed E-state index contributed by atoms with van der Waals surface area (Å²) in [5.74, 6) is -7.53. The number of carboxylic acids is 1. The number of rotatable bonds is 5. The van der Waals surface area contributed by atoms with Crippen LogP contribution in [-0.2, 0) is 9.59 Å². The monoisotopic (exact) mass is 552 g/mol. The van der Waals surface area contributed by atoms with Gasteiger partial charge in [-0.25, -0.2) is 13.2 Å². The summed E-state index contributed by atoms with van der Waals surface area (Å²) in [7, 11) is 0. The molecular weight excluding hydrogens is 526 g/mol. The van der Waals surface area contributed by atoms with E-state index in [-0.39, 0.29) is 6.42 Å². The minimum atomic E-state index is -4.66. The van der Waals surface area contributed by atoms with Crippen LogP contribution in [0.25, 0.3) is 0 Å². The van der Waals surface area contributed by atoms with Gasteiger partial charge in [-0.1, -0.05) is 60.7 Å². The highest BCUT2D eigenvalue weighted by atomic mass is 19.4. The number of benzene rings is 3. The summed E-state index contributed by atoms with van der Waals surface area (Å²) in [6.45, 7) is -0.294. The second kappa shape index (κ2) is 12.3. The molecule has 0 unspecified atom stereocenters. The molecule has 1 amide bonds. The van der Waals surface area contributed by atoms with Crippen LogP contribution in [0.1, 0.15) is 41.9 Å². The number of halogens is 6. The summed E-state index contributed by atoms with van der Waals surface area (Å²) < 4.78 is 79.2. The van der Waals surface area contributed by atoms with Gasteiger partial charge in [0.15, 0.2) is 17.7 Å². The number of amides is 1. The van der Waals surface area contributed by atoms with Gasteiger partial charge in [0.05, 0.1) is 5.97 Å². The fraction of sp³-hybridized carbons (Fsp3) is 0.286. The first-order valence-electron chi connectivity index (χ1n) is 12.0. The largest absolute Gasteiger partial charge is 0.549 e. The third kappa shape index (κ3) is 7.17. The number of alkyl halides is 3. The average molecular weight is 553 g/mol. The highest BCUT2D eigenvalue weighted by Gasteiger charge is 2.46. The fourth-order valence-corrected chi connectivity index (χ4v) is 4.67. The molecule has 3 N–H and O–H groups in total. The molecule has 208 valence electrons. The predicted octanol–water partition coefficient (Wildman–Crippen LogP) is 3.55. The molecule has 0 bridgehead atoms. The molecule has 1 aliphatic heterocycles. The van der Waals surface area contributed by atoms with Gasteiger partial charge >= 0.3 is 6.18 Å². The van der Waals surface area contributed by atoms with Gasteiger partial charge in [0.1, 0.15) is 12.4 Å². The van der Waals surface area contributed by atoms with Gasteiger partial charge in [0, 0.05) is 29.9 Å². The van der Waals surface area contributed by atoms with Crippen LogP contribution in [0.4, 0.5) is 26.3 Å². The maximum atomic E-state index is 13.9. The van der Waals surface area contributed by atoms with E-state index in [1.165, 1.54) is 6.92 Å². The van der Waals surface area contributed by atoms with Crippen molar-refractivity contribution in [3.8, 4) is 0 Å². The Morgan fingerprint density at radius 3 is 1.90 bits per heavy atom. The zero-order valence-corrected chi connectivity index (χ0v) is 20.8.